The summed E-state index contributed by atoms with van der Waals surface area (Å²) in [6.07, 6.45) is 3.72. The Bertz CT molecular complexity index is 174. The Morgan fingerprint density at radius 3 is 2.62 bits per heavy atom. The van der Waals surface area contributed by atoms with Gasteiger partial charge < -0.3 is 4.74 Å². The summed E-state index contributed by atoms with van der Waals surface area (Å²) in [6, 6.07) is 0. The van der Waals surface area contributed by atoms with E-state index >= 15 is 0 Å². The molecule has 3 heteroatoms. The highest BCUT2D eigenvalue weighted by molar-refractivity contribution is 5.69. The lowest BCUT2D eigenvalue weighted by molar-refractivity contribution is -0.144. The molecule has 0 unspecified atom stereocenters. The molecule has 1 saturated carbocycles. The van der Waals surface area contributed by atoms with E-state index in [2.05, 4.69) is 0 Å². The van der Waals surface area contributed by atoms with Gasteiger partial charge in [-0.1, -0.05) is 12.8 Å². The van der Waals surface area contributed by atoms with Gasteiger partial charge in [0.05, 0.1) is 6.61 Å². The van der Waals surface area contributed by atoms with Gasteiger partial charge in [0.1, 0.15) is 5.67 Å². The zero-order valence-corrected chi connectivity index (χ0v) is 8.14. The van der Waals surface area contributed by atoms with Crippen molar-refractivity contribution in [3.8, 4) is 0 Å². The molecule has 1 rings (SSSR count). The normalized spacial score (nSPS) is 20.2. The summed E-state index contributed by atoms with van der Waals surface area (Å²) >= 11 is 0. The molecule has 0 bridgehead atoms. The maximum atomic E-state index is 13.7. The van der Waals surface area contributed by atoms with Crippen LogP contribution in [0.15, 0.2) is 0 Å². The average Bonchev–Trinajstić information content (AvgIpc) is 2.51. The van der Waals surface area contributed by atoms with Gasteiger partial charge in [-0.3, -0.25) is 4.79 Å². The number of hydrogen-bond donors (Lipinski definition) is 0. The third-order valence-electron chi connectivity index (χ3n) is 2.58. The molecule has 0 heterocycles. The van der Waals surface area contributed by atoms with Gasteiger partial charge in [0.25, 0.3) is 0 Å². The van der Waals surface area contributed by atoms with Crippen molar-refractivity contribution in [1.29, 1.82) is 0 Å². The molecule has 0 amide bonds. The van der Waals surface area contributed by atoms with Crippen LogP contribution in [0.25, 0.3) is 0 Å². The zero-order chi connectivity index (χ0) is 9.73. The first-order valence-electron chi connectivity index (χ1n) is 5.01. The SMILES string of the molecule is CCOC(=O)CCC1(F)CCCC1. The second-order valence-electron chi connectivity index (χ2n) is 3.66. The minimum atomic E-state index is -1.08. The van der Waals surface area contributed by atoms with E-state index in [0.29, 0.717) is 25.9 Å². The molecule has 0 N–H and O–H groups in total. The summed E-state index contributed by atoms with van der Waals surface area (Å²) in [5, 5.41) is 0. The van der Waals surface area contributed by atoms with Gasteiger partial charge in [-0.25, -0.2) is 4.39 Å². The van der Waals surface area contributed by atoms with Crippen LogP contribution in [-0.2, 0) is 9.53 Å². The van der Waals surface area contributed by atoms with Crippen LogP contribution < -0.4 is 0 Å². The maximum Gasteiger partial charge on any atom is 0.305 e. The second-order valence-corrected chi connectivity index (χ2v) is 3.66. The van der Waals surface area contributed by atoms with E-state index in [1.165, 1.54) is 0 Å². The standard InChI is InChI=1S/C10H17FO2/c1-2-13-9(12)5-8-10(11)6-3-4-7-10/h2-8H2,1H3. The molecule has 2 nitrogen and oxygen atoms in total. The number of carbonyl (C=O) groups excluding carboxylic acids is 1. The molecule has 13 heavy (non-hydrogen) atoms. The fraction of sp³-hybridized carbons (Fsp3) is 0.900. The van der Waals surface area contributed by atoms with E-state index < -0.39 is 5.67 Å². The Labute approximate surface area is 78.5 Å². The molecule has 0 aromatic rings. The number of carbonyl (C=O) groups is 1. The zero-order valence-electron chi connectivity index (χ0n) is 8.14. The number of hydrogen-bond acceptors (Lipinski definition) is 2. The van der Waals surface area contributed by atoms with Crippen molar-refractivity contribution in [1.82, 2.24) is 0 Å². The average molecular weight is 188 g/mol. The van der Waals surface area contributed by atoms with E-state index in [4.69, 9.17) is 4.74 Å². The van der Waals surface area contributed by atoms with Crippen LogP contribution in [0.3, 0.4) is 0 Å². The van der Waals surface area contributed by atoms with E-state index in [1.54, 1.807) is 6.92 Å². The van der Waals surface area contributed by atoms with Crippen molar-refractivity contribution in [3.05, 3.63) is 0 Å². The lowest BCUT2D eigenvalue weighted by Crippen LogP contribution is -2.19. The number of halogens is 1. The molecule has 76 valence electrons. The van der Waals surface area contributed by atoms with Crippen LogP contribution in [0.1, 0.15) is 45.4 Å². The van der Waals surface area contributed by atoms with Gasteiger partial charge in [0, 0.05) is 6.42 Å². The molecule has 0 aliphatic heterocycles. The van der Waals surface area contributed by atoms with Crippen molar-refractivity contribution in [2.75, 3.05) is 6.61 Å². The third-order valence-corrected chi connectivity index (χ3v) is 2.58. The molecular weight excluding hydrogens is 171 g/mol. The number of rotatable bonds is 4. The smallest absolute Gasteiger partial charge is 0.305 e. The molecule has 0 saturated heterocycles. The predicted octanol–water partition coefficient (Wildman–Crippen LogP) is 2.61. The highest BCUT2D eigenvalue weighted by Gasteiger charge is 2.33. The van der Waals surface area contributed by atoms with Crippen LogP contribution in [0, 0.1) is 0 Å². The van der Waals surface area contributed by atoms with Gasteiger partial charge >= 0.3 is 5.97 Å². The summed E-state index contributed by atoms with van der Waals surface area (Å²) in [6.45, 7) is 2.15. The minimum Gasteiger partial charge on any atom is -0.466 e. The maximum absolute atomic E-state index is 13.7. The molecule has 1 fully saturated rings. The monoisotopic (exact) mass is 188 g/mol. The van der Waals surface area contributed by atoms with E-state index in [1.807, 2.05) is 0 Å². The molecule has 0 aromatic carbocycles. The van der Waals surface area contributed by atoms with Crippen molar-refractivity contribution in [3.63, 3.8) is 0 Å². The number of esters is 1. The molecular formula is C10H17FO2. The van der Waals surface area contributed by atoms with Crippen molar-refractivity contribution >= 4 is 5.97 Å². The van der Waals surface area contributed by atoms with Gasteiger partial charge in [-0.2, -0.15) is 0 Å². The highest BCUT2D eigenvalue weighted by Crippen LogP contribution is 2.37. The third kappa shape index (κ3) is 3.33. The molecule has 1 aliphatic carbocycles. The molecule has 1 aliphatic rings. The van der Waals surface area contributed by atoms with Crippen LogP contribution in [0.5, 0.6) is 0 Å². The van der Waals surface area contributed by atoms with Gasteiger partial charge in [0.2, 0.25) is 0 Å². The first-order chi connectivity index (χ1) is 6.16. The first kappa shape index (κ1) is 10.5. The Morgan fingerprint density at radius 2 is 2.08 bits per heavy atom. The van der Waals surface area contributed by atoms with Crippen LogP contribution in [0.2, 0.25) is 0 Å². The fourth-order valence-electron chi connectivity index (χ4n) is 1.82. The summed E-state index contributed by atoms with van der Waals surface area (Å²) in [7, 11) is 0. The lowest BCUT2D eigenvalue weighted by Gasteiger charge is -2.17. The van der Waals surface area contributed by atoms with Crippen LogP contribution in [-0.4, -0.2) is 18.2 Å². The number of ether oxygens (including phenoxy) is 1. The Morgan fingerprint density at radius 1 is 1.46 bits per heavy atom. The van der Waals surface area contributed by atoms with Crippen LogP contribution in [0.4, 0.5) is 4.39 Å². The van der Waals surface area contributed by atoms with Gasteiger partial charge in [-0.15, -0.1) is 0 Å². The van der Waals surface area contributed by atoms with Crippen molar-refractivity contribution in [2.24, 2.45) is 0 Å². The summed E-state index contributed by atoms with van der Waals surface area (Å²) in [5.74, 6) is -0.272. The Hall–Kier alpha value is -0.600. The summed E-state index contributed by atoms with van der Waals surface area (Å²) < 4.78 is 18.4. The molecule has 0 spiro atoms. The number of alkyl halides is 1. The van der Waals surface area contributed by atoms with E-state index in [9.17, 15) is 9.18 Å². The quantitative estimate of drug-likeness (QED) is 0.634. The topological polar surface area (TPSA) is 26.3 Å². The lowest BCUT2D eigenvalue weighted by atomic mass is 9.98. The summed E-state index contributed by atoms with van der Waals surface area (Å²) in [5.41, 5.74) is -1.08. The first-order valence-corrected chi connectivity index (χ1v) is 5.01. The van der Waals surface area contributed by atoms with E-state index in [0.717, 1.165) is 12.8 Å². The summed E-state index contributed by atoms with van der Waals surface area (Å²) in [4.78, 5) is 11.0. The minimum absolute atomic E-state index is 0.227. The second kappa shape index (κ2) is 4.58. The van der Waals surface area contributed by atoms with Crippen molar-refractivity contribution < 1.29 is 13.9 Å². The van der Waals surface area contributed by atoms with Crippen molar-refractivity contribution in [2.45, 2.75) is 51.1 Å². The molecule has 0 radical (unpaired) electrons. The Balaban J connectivity index is 2.21. The molecule has 0 aromatic heterocycles. The fourth-order valence-corrected chi connectivity index (χ4v) is 1.82. The molecule has 0 atom stereocenters. The van der Waals surface area contributed by atoms with Gasteiger partial charge in [0.15, 0.2) is 0 Å². The Kier molecular flexibility index (Phi) is 3.70. The largest absolute Gasteiger partial charge is 0.466 e. The predicted molar refractivity (Wildman–Crippen MR) is 48.2 cm³/mol. The van der Waals surface area contributed by atoms with Crippen LogP contribution >= 0.6 is 0 Å². The highest BCUT2D eigenvalue weighted by atomic mass is 19.1. The van der Waals surface area contributed by atoms with E-state index in [-0.39, 0.29) is 12.4 Å². The van der Waals surface area contributed by atoms with Gasteiger partial charge in [-0.05, 0) is 26.2 Å².